The van der Waals surface area contributed by atoms with Crippen LogP contribution in [0.4, 0.5) is 0 Å². The van der Waals surface area contributed by atoms with Crippen molar-refractivity contribution in [3.8, 4) is 11.4 Å². The van der Waals surface area contributed by atoms with Crippen LogP contribution in [0.3, 0.4) is 0 Å². The fourth-order valence-electron chi connectivity index (χ4n) is 3.23. The molecule has 22 heavy (non-hydrogen) atoms. The number of nitrogens with one attached hydrogen (secondary N) is 1. The van der Waals surface area contributed by atoms with E-state index in [-0.39, 0.29) is 0 Å². The van der Waals surface area contributed by atoms with Gasteiger partial charge in [-0.25, -0.2) is 9.97 Å². The molecule has 2 unspecified atom stereocenters. The van der Waals surface area contributed by atoms with E-state index in [0.29, 0.717) is 0 Å². The zero-order chi connectivity index (χ0) is 15.4. The van der Waals surface area contributed by atoms with Gasteiger partial charge in [0, 0.05) is 37.7 Å². The van der Waals surface area contributed by atoms with E-state index in [9.17, 15) is 0 Å². The van der Waals surface area contributed by atoms with Gasteiger partial charge >= 0.3 is 0 Å². The predicted molar refractivity (Wildman–Crippen MR) is 87.1 cm³/mol. The van der Waals surface area contributed by atoms with Crippen molar-refractivity contribution in [3.05, 3.63) is 30.4 Å². The third kappa shape index (κ3) is 3.71. The number of rotatable bonds is 5. The molecule has 1 fully saturated rings. The Kier molecular flexibility index (Phi) is 4.83. The molecular formula is C17H25N5. The molecule has 0 aliphatic heterocycles. The molecule has 1 aliphatic carbocycles. The summed E-state index contributed by atoms with van der Waals surface area (Å²) in [6, 6.07) is 0. The number of aryl methyl sites for hydroxylation is 1. The van der Waals surface area contributed by atoms with Crippen LogP contribution in [0.2, 0.25) is 0 Å². The molecule has 0 aromatic carbocycles. The fourth-order valence-corrected chi connectivity index (χ4v) is 3.23. The second-order valence-electron chi connectivity index (χ2n) is 6.47. The average molecular weight is 299 g/mol. The molecule has 118 valence electrons. The van der Waals surface area contributed by atoms with Crippen LogP contribution in [0.1, 0.15) is 38.2 Å². The summed E-state index contributed by atoms with van der Waals surface area (Å²) < 4.78 is 1.76. The number of hydrogen-bond donors (Lipinski definition) is 1. The zero-order valence-electron chi connectivity index (χ0n) is 13.5. The van der Waals surface area contributed by atoms with Crippen LogP contribution in [-0.2, 0) is 13.6 Å². The second-order valence-corrected chi connectivity index (χ2v) is 6.47. The second kappa shape index (κ2) is 7.01. The Balaban J connectivity index is 1.51. The lowest BCUT2D eigenvalue weighted by Gasteiger charge is -2.28. The topological polar surface area (TPSA) is 55.6 Å². The largest absolute Gasteiger partial charge is 0.312 e. The molecule has 1 saturated carbocycles. The molecule has 2 heterocycles. The summed E-state index contributed by atoms with van der Waals surface area (Å²) in [4.78, 5) is 8.88. The van der Waals surface area contributed by atoms with E-state index >= 15 is 0 Å². The molecule has 2 aromatic rings. The van der Waals surface area contributed by atoms with Gasteiger partial charge in [0.1, 0.15) is 0 Å². The summed E-state index contributed by atoms with van der Waals surface area (Å²) >= 11 is 0. The number of aromatic nitrogens is 4. The van der Waals surface area contributed by atoms with Gasteiger partial charge in [-0.05, 0) is 24.8 Å². The predicted octanol–water partition coefficient (Wildman–Crippen LogP) is 2.79. The van der Waals surface area contributed by atoms with Gasteiger partial charge in [0.05, 0.1) is 11.8 Å². The molecule has 1 N–H and O–H groups in total. The van der Waals surface area contributed by atoms with Crippen molar-refractivity contribution in [2.24, 2.45) is 18.9 Å². The fraction of sp³-hybridized carbons (Fsp3) is 0.588. The Labute approximate surface area is 132 Å². The standard InChI is InChI=1S/C17H25N5/c1-13-5-3-4-6-15(13)10-18-7-14-8-19-17(20-9-14)16-11-21-22(2)12-16/h8-9,11-13,15,18H,3-7,10H2,1-2H3. The highest BCUT2D eigenvalue weighted by Crippen LogP contribution is 2.28. The first-order valence-electron chi connectivity index (χ1n) is 8.23. The maximum atomic E-state index is 4.44. The van der Waals surface area contributed by atoms with E-state index in [2.05, 4.69) is 27.3 Å². The van der Waals surface area contributed by atoms with Crippen LogP contribution in [0.25, 0.3) is 11.4 Å². The number of hydrogen-bond acceptors (Lipinski definition) is 4. The smallest absolute Gasteiger partial charge is 0.162 e. The van der Waals surface area contributed by atoms with Gasteiger partial charge in [0.15, 0.2) is 5.82 Å². The Hall–Kier alpha value is -1.75. The maximum Gasteiger partial charge on any atom is 0.162 e. The van der Waals surface area contributed by atoms with Crippen molar-refractivity contribution in [3.63, 3.8) is 0 Å². The Morgan fingerprint density at radius 3 is 2.64 bits per heavy atom. The highest BCUT2D eigenvalue weighted by molar-refractivity contribution is 5.51. The van der Waals surface area contributed by atoms with E-state index in [1.54, 1.807) is 10.9 Å². The average Bonchev–Trinajstić information content (AvgIpc) is 2.96. The molecule has 2 aromatic heterocycles. The Morgan fingerprint density at radius 1 is 1.18 bits per heavy atom. The van der Waals surface area contributed by atoms with E-state index in [1.807, 2.05) is 25.6 Å². The third-order valence-electron chi connectivity index (χ3n) is 4.69. The van der Waals surface area contributed by atoms with Crippen LogP contribution in [-0.4, -0.2) is 26.3 Å². The monoisotopic (exact) mass is 299 g/mol. The van der Waals surface area contributed by atoms with Gasteiger partial charge in [-0.3, -0.25) is 4.68 Å². The molecule has 5 heteroatoms. The van der Waals surface area contributed by atoms with Crippen LogP contribution in [0.5, 0.6) is 0 Å². The summed E-state index contributed by atoms with van der Waals surface area (Å²) in [5.74, 6) is 2.41. The highest BCUT2D eigenvalue weighted by Gasteiger charge is 2.20. The van der Waals surface area contributed by atoms with Crippen molar-refractivity contribution in [2.75, 3.05) is 6.54 Å². The van der Waals surface area contributed by atoms with Gasteiger partial charge < -0.3 is 5.32 Å². The van der Waals surface area contributed by atoms with Crippen molar-refractivity contribution in [1.82, 2.24) is 25.1 Å². The lowest BCUT2D eigenvalue weighted by Crippen LogP contribution is -2.29. The van der Waals surface area contributed by atoms with Gasteiger partial charge in [-0.15, -0.1) is 0 Å². The first-order valence-corrected chi connectivity index (χ1v) is 8.23. The Bertz CT molecular complexity index is 589. The van der Waals surface area contributed by atoms with Gasteiger partial charge in [-0.1, -0.05) is 26.2 Å². The molecule has 3 rings (SSSR count). The summed E-state index contributed by atoms with van der Waals surface area (Å²) in [5, 5.41) is 7.72. The normalized spacial score (nSPS) is 21.9. The molecule has 2 atom stereocenters. The van der Waals surface area contributed by atoms with Crippen molar-refractivity contribution >= 4 is 0 Å². The molecular weight excluding hydrogens is 274 g/mol. The van der Waals surface area contributed by atoms with Crippen LogP contribution in [0, 0.1) is 11.8 Å². The molecule has 0 bridgehead atoms. The van der Waals surface area contributed by atoms with Crippen LogP contribution < -0.4 is 5.32 Å². The first-order chi connectivity index (χ1) is 10.7. The highest BCUT2D eigenvalue weighted by atomic mass is 15.2. The van der Waals surface area contributed by atoms with Crippen molar-refractivity contribution in [1.29, 1.82) is 0 Å². The minimum atomic E-state index is 0.734. The molecule has 0 radical (unpaired) electrons. The van der Waals surface area contributed by atoms with Crippen LogP contribution >= 0.6 is 0 Å². The quantitative estimate of drug-likeness (QED) is 0.922. The van der Waals surface area contributed by atoms with E-state index in [1.165, 1.54) is 25.7 Å². The van der Waals surface area contributed by atoms with Gasteiger partial charge in [0.2, 0.25) is 0 Å². The minimum absolute atomic E-state index is 0.734. The molecule has 1 aliphatic rings. The molecule has 0 spiro atoms. The van der Waals surface area contributed by atoms with Crippen LogP contribution in [0.15, 0.2) is 24.8 Å². The van der Waals surface area contributed by atoms with Gasteiger partial charge in [-0.2, -0.15) is 5.10 Å². The molecule has 0 saturated heterocycles. The summed E-state index contributed by atoms with van der Waals surface area (Å²) in [6.07, 6.45) is 13.1. The summed E-state index contributed by atoms with van der Waals surface area (Å²) in [6.45, 7) is 4.33. The lowest BCUT2D eigenvalue weighted by atomic mass is 9.80. The minimum Gasteiger partial charge on any atom is -0.312 e. The van der Waals surface area contributed by atoms with Crippen molar-refractivity contribution < 1.29 is 0 Å². The first kappa shape index (κ1) is 15.2. The SMILES string of the molecule is CC1CCCCC1CNCc1cnc(-c2cnn(C)c2)nc1. The zero-order valence-corrected chi connectivity index (χ0v) is 13.5. The van der Waals surface area contributed by atoms with E-state index < -0.39 is 0 Å². The number of nitrogens with zero attached hydrogens (tertiary/aromatic N) is 4. The third-order valence-corrected chi connectivity index (χ3v) is 4.69. The van der Waals surface area contributed by atoms with Gasteiger partial charge in [0.25, 0.3) is 0 Å². The van der Waals surface area contributed by atoms with E-state index in [0.717, 1.165) is 41.9 Å². The lowest BCUT2D eigenvalue weighted by molar-refractivity contribution is 0.247. The summed E-state index contributed by atoms with van der Waals surface area (Å²) in [5.41, 5.74) is 2.09. The molecule has 5 nitrogen and oxygen atoms in total. The maximum absolute atomic E-state index is 4.44. The molecule has 0 amide bonds. The van der Waals surface area contributed by atoms with Crippen molar-refractivity contribution in [2.45, 2.75) is 39.2 Å². The summed E-state index contributed by atoms with van der Waals surface area (Å²) in [7, 11) is 1.90. The Morgan fingerprint density at radius 2 is 1.95 bits per heavy atom. The van der Waals surface area contributed by atoms with E-state index in [4.69, 9.17) is 0 Å².